The first-order valence-corrected chi connectivity index (χ1v) is 7.92. The first-order valence-electron chi connectivity index (χ1n) is 7.92. The highest BCUT2D eigenvalue weighted by molar-refractivity contribution is 4.60. The third-order valence-corrected chi connectivity index (χ3v) is 2.86. The van der Waals surface area contributed by atoms with Crippen molar-refractivity contribution in [2.45, 2.75) is 59.8 Å². The van der Waals surface area contributed by atoms with Gasteiger partial charge in [-0.15, -0.1) is 0 Å². The van der Waals surface area contributed by atoms with E-state index in [1.54, 1.807) is 0 Å². The minimum absolute atomic E-state index is 0.429. The molecule has 0 atom stereocenters. The van der Waals surface area contributed by atoms with Crippen molar-refractivity contribution >= 4 is 0 Å². The fourth-order valence-corrected chi connectivity index (χ4v) is 1.77. The van der Waals surface area contributed by atoms with Gasteiger partial charge in [-0.2, -0.15) is 0 Å². The molecule has 0 saturated carbocycles. The van der Waals surface area contributed by atoms with Gasteiger partial charge in [0.15, 0.2) is 0 Å². The summed E-state index contributed by atoms with van der Waals surface area (Å²) in [5.41, 5.74) is 0.429. The average molecular weight is 273 g/mol. The molecule has 3 heteroatoms. The monoisotopic (exact) mass is 273 g/mol. The predicted molar refractivity (Wildman–Crippen MR) is 82.7 cm³/mol. The van der Waals surface area contributed by atoms with Gasteiger partial charge >= 0.3 is 0 Å². The third-order valence-electron chi connectivity index (χ3n) is 2.86. The Hall–Kier alpha value is -0.120. The van der Waals surface area contributed by atoms with E-state index in [2.05, 4.69) is 33.0 Å². The Morgan fingerprint density at radius 1 is 0.789 bits per heavy atom. The van der Waals surface area contributed by atoms with Crippen LogP contribution in [0.15, 0.2) is 0 Å². The van der Waals surface area contributed by atoms with Crippen molar-refractivity contribution in [2.75, 3.05) is 39.5 Å². The highest BCUT2D eigenvalue weighted by Gasteiger charge is 2.08. The molecule has 0 amide bonds. The molecule has 0 unspecified atom stereocenters. The van der Waals surface area contributed by atoms with Gasteiger partial charge < -0.3 is 14.8 Å². The molecule has 0 aromatic carbocycles. The van der Waals surface area contributed by atoms with Crippen LogP contribution in [0.1, 0.15) is 59.8 Å². The van der Waals surface area contributed by atoms with E-state index in [1.807, 2.05) is 0 Å². The number of ether oxygens (including phenoxy) is 2. The molecule has 3 nitrogen and oxygen atoms in total. The van der Waals surface area contributed by atoms with E-state index in [0.717, 1.165) is 58.8 Å². The summed E-state index contributed by atoms with van der Waals surface area (Å²) in [6.45, 7) is 14.6. The van der Waals surface area contributed by atoms with Crippen LogP contribution in [0, 0.1) is 5.41 Å². The molecule has 0 aromatic rings. The Labute approximate surface area is 120 Å². The zero-order valence-electron chi connectivity index (χ0n) is 13.6. The fraction of sp³-hybridized carbons (Fsp3) is 1.00. The second-order valence-electron chi connectivity index (χ2n) is 6.35. The van der Waals surface area contributed by atoms with Crippen LogP contribution < -0.4 is 5.32 Å². The van der Waals surface area contributed by atoms with E-state index in [-0.39, 0.29) is 0 Å². The Kier molecular flexibility index (Phi) is 12.8. The molecule has 0 rings (SSSR count). The Morgan fingerprint density at radius 2 is 1.37 bits per heavy atom. The summed E-state index contributed by atoms with van der Waals surface area (Å²) in [5.74, 6) is 0. The van der Waals surface area contributed by atoms with Crippen LogP contribution in [0.25, 0.3) is 0 Å². The highest BCUT2D eigenvalue weighted by atomic mass is 16.5. The van der Waals surface area contributed by atoms with Crippen molar-refractivity contribution < 1.29 is 9.47 Å². The third kappa shape index (κ3) is 17.9. The molecule has 1 N–H and O–H groups in total. The van der Waals surface area contributed by atoms with Gasteiger partial charge in [0.2, 0.25) is 0 Å². The molecule has 116 valence electrons. The summed E-state index contributed by atoms with van der Waals surface area (Å²) in [7, 11) is 0. The molecule has 0 saturated heterocycles. The predicted octanol–water partition coefficient (Wildman–Crippen LogP) is 3.63. The summed E-state index contributed by atoms with van der Waals surface area (Å²) in [4.78, 5) is 0. The molecule has 19 heavy (non-hydrogen) atoms. The van der Waals surface area contributed by atoms with E-state index in [1.165, 1.54) is 12.8 Å². The van der Waals surface area contributed by atoms with Crippen LogP contribution in [0.4, 0.5) is 0 Å². The topological polar surface area (TPSA) is 30.5 Å². The first-order chi connectivity index (χ1) is 9.06. The van der Waals surface area contributed by atoms with Crippen LogP contribution in [-0.2, 0) is 9.47 Å². The lowest BCUT2D eigenvalue weighted by Crippen LogP contribution is -2.17. The summed E-state index contributed by atoms with van der Waals surface area (Å²) in [6.07, 6.45) is 5.71. The van der Waals surface area contributed by atoms with Crippen molar-refractivity contribution in [1.29, 1.82) is 0 Å². The molecular formula is C16H35NO2. The summed E-state index contributed by atoms with van der Waals surface area (Å²) < 4.78 is 11.2. The maximum Gasteiger partial charge on any atom is 0.0487 e. The summed E-state index contributed by atoms with van der Waals surface area (Å²) in [6, 6.07) is 0. The SMILES string of the molecule is CCCNCCCOCCCOCCCC(C)(C)C. The lowest BCUT2D eigenvalue weighted by atomic mass is 9.91. The van der Waals surface area contributed by atoms with Gasteiger partial charge in [-0.05, 0) is 50.6 Å². The largest absolute Gasteiger partial charge is 0.381 e. The maximum atomic E-state index is 5.60. The molecule has 0 spiro atoms. The molecule has 0 aliphatic carbocycles. The normalized spacial score (nSPS) is 12.0. The second kappa shape index (κ2) is 12.9. The van der Waals surface area contributed by atoms with Gasteiger partial charge in [0.25, 0.3) is 0 Å². The van der Waals surface area contributed by atoms with Crippen LogP contribution in [0.3, 0.4) is 0 Å². The second-order valence-corrected chi connectivity index (χ2v) is 6.35. The van der Waals surface area contributed by atoms with E-state index in [0.29, 0.717) is 5.41 Å². The van der Waals surface area contributed by atoms with Crippen LogP contribution >= 0.6 is 0 Å². The standard InChI is InChI=1S/C16H35NO2/c1-5-10-17-11-7-13-19-15-8-14-18-12-6-9-16(2,3)4/h17H,5-15H2,1-4H3. The van der Waals surface area contributed by atoms with Crippen LogP contribution in [0.2, 0.25) is 0 Å². The number of hydrogen-bond donors (Lipinski definition) is 1. The molecule has 0 aliphatic heterocycles. The Balaban J connectivity index is 2.99. The van der Waals surface area contributed by atoms with Crippen molar-refractivity contribution in [3.05, 3.63) is 0 Å². The molecule has 0 aliphatic rings. The van der Waals surface area contributed by atoms with Crippen molar-refractivity contribution in [3.8, 4) is 0 Å². The van der Waals surface area contributed by atoms with Crippen molar-refractivity contribution in [3.63, 3.8) is 0 Å². The molecule has 0 fully saturated rings. The quantitative estimate of drug-likeness (QED) is 0.520. The van der Waals surface area contributed by atoms with Crippen LogP contribution in [-0.4, -0.2) is 39.5 Å². The first kappa shape index (κ1) is 18.9. The van der Waals surface area contributed by atoms with E-state index in [4.69, 9.17) is 9.47 Å². The summed E-state index contributed by atoms with van der Waals surface area (Å²) in [5, 5.41) is 3.37. The minimum Gasteiger partial charge on any atom is -0.381 e. The lowest BCUT2D eigenvalue weighted by molar-refractivity contribution is 0.0776. The van der Waals surface area contributed by atoms with Crippen molar-refractivity contribution in [2.24, 2.45) is 5.41 Å². The van der Waals surface area contributed by atoms with E-state index >= 15 is 0 Å². The number of rotatable bonds is 13. The van der Waals surface area contributed by atoms with Gasteiger partial charge in [-0.25, -0.2) is 0 Å². The Morgan fingerprint density at radius 3 is 1.95 bits per heavy atom. The molecule has 0 bridgehead atoms. The molecule has 0 heterocycles. The van der Waals surface area contributed by atoms with E-state index in [9.17, 15) is 0 Å². The van der Waals surface area contributed by atoms with Gasteiger partial charge in [0.1, 0.15) is 0 Å². The fourth-order valence-electron chi connectivity index (χ4n) is 1.77. The summed E-state index contributed by atoms with van der Waals surface area (Å²) >= 11 is 0. The average Bonchev–Trinajstić information content (AvgIpc) is 2.34. The van der Waals surface area contributed by atoms with E-state index < -0.39 is 0 Å². The van der Waals surface area contributed by atoms with Gasteiger partial charge in [0, 0.05) is 26.4 Å². The zero-order chi connectivity index (χ0) is 14.4. The smallest absolute Gasteiger partial charge is 0.0487 e. The lowest BCUT2D eigenvalue weighted by Gasteiger charge is -2.17. The minimum atomic E-state index is 0.429. The van der Waals surface area contributed by atoms with Gasteiger partial charge in [-0.3, -0.25) is 0 Å². The maximum absolute atomic E-state index is 5.60. The molecule has 0 aromatic heterocycles. The van der Waals surface area contributed by atoms with Crippen LogP contribution in [0.5, 0.6) is 0 Å². The van der Waals surface area contributed by atoms with Crippen molar-refractivity contribution in [1.82, 2.24) is 5.32 Å². The number of hydrogen-bond acceptors (Lipinski definition) is 3. The Bertz CT molecular complexity index is 178. The van der Waals surface area contributed by atoms with Gasteiger partial charge in [0.05, 0.1) is 0 Å². The molecular weight excluding hydrogens is 238 g/mol. The van der Waals surface area contributed by atoms with Gasteiger partial charge in [-0.1, -0.05) is 27.7 Å². The number of nitrogens with one attached hydrogen (secondary N) is 1. The zero-order valence-corrected chi connectivity index (χ0v) is 13.6. The molecule has 0 radical (unpaired) electrons. The highest BCUT2D eigenvalue weighted by Crippen LogP contribution is 2.20.